The van der Waals surface area contributed by atoms with Crippen molar-refractivity contribution in [3.8, 4) is 0 Å². The third-order valence-electron chi connectivity index (χ3n) is 4.74. The molecule has 0 bridgehead atoms. The SMILES string of the molecule is CN(Cc1ccco1)C(=O)c1cc(S(=O)(=O)N(C)C)ccc1N1CCCC1. The molecule has 1 aromatic carbocycles. The zero-order chi connectivity index (χ0) is 19.6. The first-order chi connectivity index (χ1) is 12.8. The summed E-state index contributed by atoms with van der Waals surface area (Å²) in [5.74, 6) is 0.440. The standard InChI is InChI=1S/C19H25N3O4S/c1-20(2)27(24,25)16-8-9-18(22-10-4-5-11-22)17(13-16)19(23)21(3)14-15-7-6-12-26-15/h6-9,12-13H,4-5,10-11,14H2,1-3H3. The fourth-order valence-corrected chi connectivity index (χ4v) is 4.13. The number of benzene rings is 1. The van der Waals surface area contributed by atoms with E-state index in [0.717, 1.165) is 35.9 Å². The second-order valence-electron chi connectivity index (χ2n) is 6.90. The number of hydrogen-bond donors (Lipinski definition) is 0. The van der Waals surface area contributed by atoms with Crippen LogP contribution in [0.15, 0.2) is 45.9 Å². The summed E-state index contributed by atoms with van der Waals surface area (Å²) >= 11 is 0. The van der Waals surface area contributed by atoms with E-state index in [1.165, 1.54) is 20.2 Å². The Bertz CT molecular complexity index is 901. The van der Waals surface area contributed by atoms with Gasteiger partial charge in [0.1, 0.15) is 5.76 Å². The lowest BCUT2D eigenvalue weighted by molar-refractivity contribution is 0.0776. The lowest BCUT2D eigenvalue weighted by atomic mass is 10.1. The molecule has 0 spiro atoms. The molecular formula is C19H25N3O4S. The molecule has 0 N–H and O–H groups in total. The maximum atomic E-state index is 13.1. The highest BCUT2D eigenvalue weighted by molar-refractivity contribution is 7.89. The van der Waals surface area contributed by atoms with Crippen molar-refractivity contribution in [1.82, 2.24) is 9.21 Å². The lowest BCUT2D eigenvalue weighted by Crippen LogP contribution is -2.30. The van der Waals surface area contributed by atoms with E-state index in [1.54, 1.807) is 42.5 Å². The highest BCUT2D eigenvalue weighted by Gasteiger charge is 2.26. The minimum Gasteiger partial charge on any atom is -0.467 e. The van der Waals surface area contributed by atoms with Gasteiger partial charge in [-0.15, -0.1) is 0 Å². The molecule has 2 aromatic rings. The van der Waals surface area contributed by atoms with Gasteiger partial charge in [0.25, 0.3) is 5.91 Å². The van der Waals surface area contributed by atoms with Gasteiger partial charge in [-0.25, -0.2) is 12.7 Å². The van der Waals surface area contributed by atoms with Crippen molar-refractivity contribution in [3.63, 3.8) is 0 Å². The van der Waals surface area contributed by atoms with Gasteiger partial charge in [-0.1, -0.05) is 0 Å². The van der Waals surface area contributed by atoms with Gasteiger partial charge >= 0.3 is 0 Å². The van der Waals surface area contributed by atoms with Crippen LogP contribution in [0.3, 0.4) is 0 Å². The maximum Gasteiger partial charge on any atom is 0.256 e. The summed E-state index contributed by atoms with van der Waals surface area (Å²) in [4.78, 5) is 16.9. The van der Waals surface area contributed by atoms with Gasteiger partial charge in [0.05, 0.1) is 23.3 Å². The third kappa shape index (κ3) is 4.01. The fourth-order valence-electron chi connectivity index (χ4n) is 3.21. The highest BCUT2D eigenvalue weighted by Crippen LogP contribution is 2.29. The number of nitrogens with zero attached hydrogens (tertiary/aromatic N) is 3. The van der Waals surface area contributed by atoms with Crippen molar-refractivity contribution >= 4 is 21.6 Å². The van der Waals surface area contributed by atoms with E-state index < -0.39 is 10.0 Å². The first-order valence-electron chi connectivity index (χ1n) is 8.90. The molecule has 7 nitrogen and oxygen atoms in total. The fraction of sp³-hybridized carbons (Fsp3) is 0.421. The molecule has 1 amide bonds. The summed E-state index contributed by atoms with van der Waals surface area (Å²) in [6.07, 6.45) is 3.69. The molecule has 27 heavy (non-hydrogen) atoms. The zero-order valence-electron chi connectivity index (χ0n) is 15.9. The largest absolute Gasteiger partial charge is 0.467 e. The molecular weight excluding hydrogens is 366 g/mol. The van der Waals surface area contributed by atoms with Gasteiger partial charge in [-0.05, 0) is 43.2 Å². The normalized spacial score (nSPS) is 14.7. The van der Waals surface area contributed by atoms with Crippen molar-refractivity contribution in [3.05, 3.63) is 47.9 Å². The van der Waals surface area contributed by atoms with Crippen LogP contribution in [0.2, 0.25) is 0 Å². The third-order valence-corrected chi connectivity index (χ3v) is 6.55. The molecule has 1 fully saturated rings. The van der Waals surface area contributed by atoms with E-state index >= 15 is 0 Å². The molecule has 0 atom stereocenters. The minimum absolute atomic E-state index is 0.116. The number of rotatable bonds is 6. The lowest BCUT2D eigenvalue weighted by Gasteiger charge is -2.24. The van der Waals surface area contributed by atoms with Crippen LogP contribution in [0.25, 0.3) is 0 Å². The Balaban J connectivity index is 1.99. The number of anilines is 1. The van der Waals surface area contributed by atoms with Crippen molar-refractivity contribution in [1.29, 1.82) is 0 Å². The molecule has 0 saturated carbocycles. The molecule has 0 radical (unpaired) electrons. The molecule has 1 saturated heterocycles. The maximum absolute atomic E-state index is 13.1. The molecule has 1 aromatic heterocycles. The highest BCUT2D eigenvalue weighted by atomic mass is 32.2. The summed E-state index contributed by atoms with van der Waals surface area (Å²) in [5.41, 5.74) is 1.18. The van der Waals surface area contributed by atoms with Crippen molar-refractivity contribution in [2.45, 2.75) is 24.3 Å². The molecule has 3 rings (SSSR count). The number of carbonyl (C=O) groups is 1. The van der Waals surface area contributed by atoms with Gasteiger partial charge in [-0.3, -0.25) is 4.79 Å². The van der Waals surface area contributed by atoms with Crippen LogP contribution in [0.4, 0.5) is 5.69 Å². The van der Waals surface area contributed by atoms with E-state index in [1.807, 2.05) is 0 Å². The Hall–Kier alpha value is -2.32. The van der Waals surface area contributed by atoms with E-state index in [-0.39, 0.29) is 10.8 Å². The topological polar surface area (TPSA) is 74.1 Å². The number of amides is 1. The van der Waals surface area contributed by atoms with Gasteiger partial charge in [0.15, 0.2) is 0 Å². The summed E-state index contributed by atoms with van der Waals surface area (Å²) in [6, 6.07) is 8.39. The van der Waals surface area contributed by atoms with Gasteiger partial charge < -0.3 is 14.2 Å². The Kier molecular flexibility index (Phi) is 5.57. The molecule has 2 heterocycles. The Labute approximate surface area is 160 Å². The first-order valence-corrected chi connectivity index (χ1v) is 10.3. The predicted octanol–water partition coefficient (Wildman–Crippen LogP) is 2.40. The summed E-state index contributed by atoms with van der Waals surface area (Å²) in [6.45, 7) is 2.04. The molecule has 0 unspecified atom stereocenters. The van der Waals surface area contributed by atoms with E-state index in [0.29, 0.717) is 17.9 Å². The zero-order valence-corrected chi connectivity index (χ0v) is 16.7. The smallest absolute Gasteiger partial charge is 0.256 e. The second kappa shape index (κ2) is 7.74. The molecule has 8 heteroatoms. The van der Waals surface area contributed by atoms with Crippen molar-refractivity contribution in [2.75, 3.05) is 39.1 Å². The summed E-state index contributed by atoms with van der Waals surface area (Å²) < 4.78 is 31.6. The molecule has 0 aliphatic carbocycles. The van der Waals surface area contributed by atoms with E-state index in [4.69, 9.17) is 4.42 Å². The van der Waals surface area contributed by atoms with Crippen LogP contribution in [0.1, 0.15) is 29.0 Å². The first kappa shape index (κ1) is 19.4. The van der Waals surface area contributed by atoms with Crippen LogP contribution in [-0.2, 0) is 16.6 Å². The Morgan fingerprint density at radius 1 is 1.15 bits per heavy atom. The second-order valence-corrected chi connectivity index (χ2v) is 9.05. The Morgan fingerprint density at radius 2 is 1.85 bits per heavy atom. The molecule has 1 aliphatic rings. The van der Waals surface area contributed by atoms with Gasteiger partial charge in [-0.2, -0.15) is 0 Å². The number of hydrogen-bond acceptors (Lipinski definition) is 5. The van der Waals surface area contributed by atoms with Crippen molar-refractivity contribution < 1.29 is 17.6 Å². The number of carbonyl (C=O) groups excluding carboxylic acids is 1. The summed E-state index contributed by atoms with van der Waals surface area (Å²) in [7, 11) is 1.02. The minimum atomic E-state index is -3.62. The van der Waals surface area contributed by atoms with Crippen LogP contribution in [-0.4, -0.2) is 57.8 Å². The average molecular weight is 391 g/mol. The van der Waals surface area contributed by atoms with Crippen LogP contribution >= 0.6 is 0 Å². The quantitative estimate of drug-likeness (QED) is 0.756. The number of sulfonamides is 1. The van der Waals surface area contributed by atoms with Crippen LogP contribution < -0.4 is 4.90 Å². The van der Waals surface area contributed by atoms with Gasteiger partial charge in [0, 0.05) is 39.9 Å². The predicted molar refractivity (Wildman–Crippen MR) is 103 cm³/mol. The average Bonchev–Trinajstić information content (AvgIpc) is 3.34. The number of furan rings is 1. The van der Waals surface area contributed by atoms with E-state index in [2.05, 4.69) is 4.90 Å². The molecule has 1 aliphatic heterocycles. The van der Waals surface area contributed by atoms with E-state index in [9.17, 15) is 13.2 Å². The van der Waals surface area contributed by atoms with Crippen LogP contribution in [0, 0.1) is 0 Å². The molecule has 146 valence electrons. The monoisotopic (exact) mass is 391 g/mol. The van der Waals surface area contributed by atoms with Gasteiger partial charge in [0.2, 0.25) is 10.0 Å². The van der Waals surface area contributed by atoms with Crippen molar-refractivity contribution in [2.24, 2.45) is 0 Å². The van der Waals surface area contributed by atoms with Crippen LogP contribution in [0.5, 0.6) is 0 Å². The Morgan fingerprint density at radius 3 is 2.44 bits per heavy atom. The summed E-state index contributed by atoms with van der Waals surface area (Å²) in [5, 5.41) is 0.